The Hall–Kier alpha value is -1.82. The minimum Gasteiger partial charge on any atom is -0.335 e. The Morgan fingerprint density at radius 2 is 1.76 bits per heavy atom. The average molecular weight is 428 g/mol. The van der Waals surface area contributed by atoms with E-state index >= 15 is 0 Å². The maximum Gasteiger partial charge on any atom is 0.270 e. The number of amides is 1. The second kappa shape index (κ2) is 8.13. The van der Waals surface area contributed by atoms with Gasteiger partial charge in [-0.3, -0.25) is 9.69 Å². The van der Waals surface area contributed by atoms with E-state index in [4.69, 9.17) is 11.6 Å². The summed E-state index contributed by atoms with van der Waals surface area (Å²) < 4.78 is 3.59. The summed E-state index contributed by atoms with van der Waals surface area (Å²) in [4.78, 5) is 17.9. The number of hydrogen-bond acceptors (Lipinski definition) is 3. The van der Waals surface area contributed by atoms with Crippen LogP contribution in [-0.2, 0) is 6.54 Å². The van der Waals surface area contributed by atoms with Crippen LogP contribution in [0.5, 0.6) is 0 Å². The lowest BCUT2D eigenvalue weighted by Crippen LogP contribution is -2.48. The Morgan fingerprint density at radius 3 is 2.48 bits per heavy atom. The van der Waals surface area contributed by atoms with Crippen molar-refractivity contribution >= 4 is 39.1 Å². The Kier molecular flexibility index (Phi) is 5.37. The zero-order chi connectivity index (χ0) is 19.8. The SMILES string of the molecule is O=C(c1cc2sccc2n1C1CCCC1)N1CCN(Cc2ccc(Cl)cc2)CC1. The number of aromatic nitrogens is 1. The minimum absolute atomic E-state index is 0.200. The largest absolute Gasteiger partial charge is 0.335 e. The first-order chi connectivity index (χ1) is 14.2. The van der Waals surface area contributed by atoms with Gasteiger partial charge in [-0.05, 0) is 48.1 Å². The normalized spacial score (nSPS) is 18.7. The van der Waals surface area contributed by atoms with Gasteiger partial charge in [0.15, 0.2) is 0 Å². The maximum absolute atomic E-state index is 13.4. The molecule has 3 aromatic rings. The molecule has 5 rings (SSSR count). The Labute approximate surface area is 180 Å². The van der Waals surface area contributed by atoms with E-state index in [1.807, 2.05) is 17.0 Å². The van der Waals surface area contributed by atoms with E-state index in [2.05, 4.69) is 39.1 Å². The van der Waals surface area contributed by atoms with Gasteiger partial charge in [-0.25, -0.2) is 0 Å². The standard InChI is InChI=1S/C23H26ClN3OS/c24-18-7-5-17(6-8-18)16-25-10-12-26(13-11-25)23(28)21-15-22-20(9-14-29-22)27(21)19-3-1-2-4-19/h5-9,14-15,19H,1-4,10-13,16H2. The molecule has 0 radical (unpaired) electrons. The van der Waals surface area contributed by atoms with Crippen molar-refractivity contribution in [2.45, 2.75) is 38.3 Å². The molecule has 0 N–H and O–H groups in total. The highest BCUT2D eigenvalue weighted by atomic mass is 35.5. The molecule has 29 heavy (non-hydrogen) atoms. The van der Waals surface area contributed by atoms with Crippen LogP contribution in [-0.4, -0.2) is 46.5 Å². The second-order valence-corrected chi connectivity index (χ2v) is 9.59. The number of benzene rings is 1. The molecule has 0 spiro atoms. The van der Waals surface area contributed by atoms with Crippen LogP contribution < -0.4 is 0 Å². The monoisotopic (exact) mass is 427 g/mol. The van der Waals surface area contributed by atoms with Crippen LogP contribution in [0.25, 0.3) is 10.2 Å². The molecule has 4 nitrogen and oxygen atoms in total. The molecular weight excluding hydrogens is 402 g/mol. The third kappa shape index (κ3) is 3.83. The quantitative estimate of drug-likeness (QED) is 0.555. The summed E-state index contributed by atoms with van der Waals surface area (Å²) in [5.41, 5.74) is 3.40. The molecule has 1 aromatic carbocycles. The molecule has 1 amide bonds. The van der Waals surface area contributed by atoms with Gasteiger partial charge in [-0.2, -0.15) is 0 Å². The molecule has 1 aliphatic heterocycles. The van der Waals surface area contributed by atoms with Gasteiger partial charge in [-0.15, -0.1) is 11.3 Å². The molecule has 1 aliphatic carbocycles. The molecule has 3 heterocycles. The van der Waals surface area contributed by atoms with Gasteiger partial charge in [0, 0.05) is 43.8 Å². The highest BCUT2D eigenvalue weighted by Gasteiger charge is 2.29. The summed E-state index contributed by atoms with van der Waals surface area (Å²) in [5, 5.41) is 2.91. The summed E-state index contributed by atoms with van der Waals surface area (Å²) >= 11 is 7.73. The highest BCUT2D eigenvalue weighted by molar-refractivity contribution is 7.17. The van der Waals surface area contributed by atoms with Crippen LogP contribution in [0.4, 0.5) is 0 Å². The molecule has 2 aromatic heterocycles. The zero-order valence-corrected chi connectivity index (χ0v) is 18.1. The van der Waals surface area contributed by atoms with Crippen molar-refractivity contribution < 1.29 is 4.79 Å². The van der Waals surface area contributed by atoms with E-state index in [0.717, 1.165) is 43.4 Å². The lowest BCUT2D eigenvalue weighted by atomic mass is 10.2. The van der Waals surface area contributed by atoms with Crippen LogP contribution in [0.15, 0.2) is 41.8 Å². The smallest absolute Gasteiger partial charge is 0.270 e. The van der Waals surface area contributed by atoms with E-state index < -0.39 is 0 Å². The number of nitrogens with zero attached hydrogens (tertiary/aromatic N) is 3. The molecule has 0 unspecified atom stereocenters. The lowest BCUT2D eigenvalue weighted by molar-refractivity contribution is 0.0616. The van der Waals surface area contributed by atoms with E-state index in [0.29, 0.717) is 6.04 Å². The molecule has 0 atom stereocenters. The van der Waals surface area contributed by atoms with E-state index in [9.17, 15) is 4.79 Å². The van der Waals surface area contributed by atoms with Crippen LogP contribution in [0, 0.1) is 0 Å². The van der Waals surface area contributed by atoms with Crippen molar-refractivity contribution in [3.05, 3.63) is 58.1 Å². The Balaban J connectivity index is 1.29. The van der Waals surface area contributed by atoms with Gasteiger partial charge in [0.1, 0.15) is 5.69 Å². The third-order valence-electron chi connectivity index (χ3n) is 6.35. The van der Waals surface area contributed by atoms with Crippen molar-refractivity contribution in [3.8, 4) is 0 Å². The Bertz CT molecular complexity index is 995. The number of thiophene rings is 1. The fourth-order valence-corrected chi connectivity index (χ4v) is 5.72. The molecule has 1 saturated heterocycles. The topological polar surface area (TPSA) is 28.5 Å². The number of fused-ring (bicyclic) bond motifs is 1. The predicted molar refractivity (Wildman–Crippen MR) is 120 cm³/mol. The van der Waals surface area contributed by atoms with Crippen molar-refractivity contribution in [3.63, 3.8) is 0 Å². The van der Waals surface area contributed by atoms with E-state index in [1.54, 1.807) is 11.3 Å². The van der Waals surface area contributed by atoms with Crippen molar-refractivity contribution in [2.75, 3.05) is 26.2 Å². The summed E-state index contributed by atoms with van der Waals surface area (Å²) in [6, 6.07) is 12.8. The van der Waals surface area contributed by atoms with Crippen LogP contribution in [0.1, 0.15) is 47.8 Å². The van der Waals surface area contributed by atoms with Gasteiger partial charge in [0.25, 0.3) is 5.91 Å². The van der Waals surface area contributed by atoms with Gasteiger partial charge in [0.2, 0.25) is 0 Å². The first-order valence-corrected chi connectivity index (χ1v) is 11.8. The first kappa shape index (κ1) is 19.2. The molecule has 2 aliphatic rings. The number of carbonyl (C=O) groups excluding carboxylic acids is 1. The molecular formula is C23H26ClN3OS. The lowest BCUT2D eigenvalue weighted by Gasteiger charge is -2.35. The molecule has 6 heteroatoms. The highest BCUT2D eigenvalue weighted by Crippen LogP contribution is 2.37. The van der Waals surface area contributed by atoms with Gasteiger partial charge in [-0.1, -0.05) is 36.6 Å². The van der Waals surface area contributed by atoms with Gasteiger partial charge in [0.05, 0.1) is 10.2 Å². The summed E-state index contributed by atoms with van der Waals surface area (Å²) in [7, 11) is 0. The molecule has 2 fully saturated rings. The van der Waals surface area contributed by atoms with E-state index in [1.165, 1.54) is 41.5 Å². The first-order valence-electron chi connectivity index (χ1n) is 10.5. The maximum atomic E-state index is 13.4. The van der Waals surface area contributed by atoms with Crippen LogP contribution in [0.3, 0.4) is 0 Å². The van der Waals surface area contributed by atoms with Crippen LogP contribution in [0.2, 0.25) is 5.02 Å². The fourth-order valence-electron chi connectivity index (χ4n) is 4.78. The number of rotatable bonds is 4. The van der Waals surface area contributed by atoms with Crippen LogP contribution >= 0.6 is 22.9 Å². The minimum atomic E-state index is 0.200. The summed E-state index contributed by atoms with van der Waals surface area (Å²) in [6.45, 7) is 4.30. The van der Waals surface area contributed by atoms with Gasteiger partial charge < -0.3 is 9.47 Å². The average Bonchev–Trinajstić information content (AvgIpc) is 3.47. The van der Waals surface area contributed by atoms with Crippen molar-refractivity contribution in [2.24, 2.45) is 0 Å². The Morgan fingerprint density at radius 1 is 1.03 bits per heavy atom. The predicted octanol–water partition coefficient (Wildman–Crippen LogP) is 5.43. The number of halogens is 1. The van der Waals surface area contributed by atoms with Crippen molar-refractivity contribution in [1.82, 2.24) is 14.4 Å². The second-order valence-electron chi connectivity index (χ2n) is 8.20. The van der Waals surface area contributed by atoms with E-state index in [-0.39, 0.29) is 5.91 Å². The molecule has 1 saturated carbocycles. The summed E-state index contributed by atoms with van der Waals surface area (Å²) in [5.74, 6) is 0.200. The zero-order valence-electron chi connectivity index (χ0n) is 16.5. The van der Waals surface area contributed by atoms with Crippen molar-refractivity contribution in [1.29, 1.82) is 0 Å². The number of carbonyl (C=O) groups is 1. The number of hydrogen-bond donors (Lipinski definition) is 0. The number of piperazine rings is 1. The molecule has 152 valence electrons. The summed E-state index contributed by atoms with van der Waals surface area (Å²) in [6.07, 6.45) is 4.92. The molecule has 0 bridgehead atoms. The third-order valence-corrected chi connectivity index (χ3v) is 7.45. The van der Waals surface area contributed by atoms with Gasteiger partial charge >= 0.3 is 0 Å². The fraction of sp³-hybridized carbons (Fsp3) is 0.435.